The average molecular weight is 352 g/mol. The Hall–Kier alpha value is -1.92. The molecule has 2 heterocycles. The standard InChI is InChI=1S/C13H8BrClN4O/c14-8-2-1-5-16-12(8)13(20)18-10-4-3-9-7(11(10)15)6-17-19-9/h1-6H,(H,17,19)(H,18,20). The maximum Gasteiger partial charge on any atom is 0.275 e. The van der Waals surface area contributed by atoms with Gasteiger partial charge in [0.25, 0.3) is 5.91 Å². The van der Waals surface area contributed by atoms with Crippen molar-refractivity contribution in [2.24, 2.45) is 0 Å². The first kappa shape index (κ1) is 13.1. The van der Waals surface area contributed by atoms with E-state index in [-0.39, 0.29) is 5.91 Å². The number of nitrogens with zero attached hydrogens (tertiary/aromatic N) is 2. The van der Waals surface area contributed by atoms with Gasteiger partial charge < -0.3 is 5.32 Å². The number of H-pyrrole nitrogens is 1. The lowest BCUT2D eigenvalue weighted by molar-refractivity contribution is 0.102. The molecule has 3 aromatic rings. The second-order valence-corrected chi connectivity index (χ2v) is 5.28. The van der Waals surface area contributed by atoms with Gasteiger partial charge in [0.05, 0.1) is 22.4 Å². The van der Waals surface area contributed by atoms with E-state index >= 15 is 0 Å². The van der Waals surface area contributed by atoms with Crippen molar-refractivity contribution in [2.45, 2.75) is 0 Å². The van der Waals surface area contributed by atoms with E-state index in [4.69, 9.17) is 11.6 Å². The first-order valence-corrected chi connectivity index (χ1v) is 6.87. The van der Waals surface area contributed by atoms with E-state index in [9.17, 15) is 4.79 Å². The highest BCUT2D eigenvalue weighted by molar-refractivity contribution is 9.10. The number of fused-ring (bicyclic) bond motifs is 1. The van der Waals surface area contributed by atoms with E-state index in [1.807, 2.05) is 0 Å². The topological polar surface area (TPSA) is 70.7 Å². The van der Waals surface area contributed by atoms with E-state index < -0.39 is 0 Å². The molecule has 0 spiro atoms. The largest absolute Gasteiger partial charge is 0.319 e. The molecule has 0 aliphatic carbocycles. The number of nitrogens with one attached hydrogen (secondary N) is 2. The number of hydrogen-bond donors (Lipinski definition) is 2. The maximum atomic E-state index is 12.2. The lowest BCUT2D eigenvalue weighted by atomic mass is 10.2. The number of anilines is 1. The highest BCUT2D eigenvalue weighted by Gasteiger charge is 2.14. The van der Waals surface area contributed by atoms with Gasteiger partial charge in [0.15, 0.2) is 0 Å². The summed E-state index contributed by atoms with van der Waals surface area (Å²) in [4.78, 5) is 16.2. The molecule has 0 saturated carbocycles. The Morgan fingerprint density at radius 2 is 2.20 bits per heavy atom. The Labute approximate surface area is 127 Å². The van der Waals surface area contributed by atoms with Gasteiger partial charge in [-0.3, -0.25) is 9.89 Å². The Morgan fingerprint density at radius 1 is 1.35 bits per heavy atom. The Morgan fingerprint density at radius 3 is 3.00 bits per heavy atom. The minimum atomic E-state index is -0.331. The summed E-state index contributed by atoms with van der Waals surface area (Å²) in [6, 6.07) is 7.02. The molecule has 0 atom stereocenters. The van der Waals surface area contributed by atoms with Gasteiger partial charge in [-0.25, -0.2) is 4.98 Å². The monoisotopic (exact) mass is 350 g/mol. The first-order chi connectivity index (χ1) is 9.66. The third-order valence-electron chi connectivity index (χ3n) is 2.78. The number of carbonyl (C=O) groups is 1. The molecular formula is C13H8BrClN4O. The number of hydrogen-bond acceptors (Lipinski definition) is 3. The van der Waals surface area contributed by atoms with Crippen molar-refractivity contribution in [1.29, 1.82) is 0 Å². The smallest absolute Gasteiger partial charge is 0.275 e. The second kappa shape index (κ2) is 5.22. The summed E-state index contributed by atoms with van der Waals surface area (Å²) >= 11 is 9.54. The predicted octanol–water partition coefficient (Wildman–Crippen LogP) is 3.63. The summed E-state index contributed by atoms with van der Waals surface area (Å²) in [5.41, 5.74) is 1.63. The number of rotatable bonds is 2. The van der Waals surface area contributed by atoms with Gasteiger partial charge in [0, 0.05) is 16.1 Å². The number of halogens is 2. The van der Waals surface area contributed by atoms with Crippen molar-refractivity contribution < 1.29 is 4.79 Å². The lowest BCUT2D eigenvalue weighted by Gasteiger charge is -2.08. The van der Waals surface area contributed by atoms with Gasteiger partial charge in [0.2, 0.25) is 0 Å². The fraction of sp³-hybridized carbons (Fsp3) is 0. The lowest BCUT2D eigenvalue weighted by Crippen LogP contribution is -2.14. The first-order valence-electron chi connectivity index (χ1n) is 5.70. The molecule has 0 saturated heterocycles. The van der Waals surface area contributed by atoms with Crippen LogP contribution in [-0.4, -0.2) is 21.1 Å². The van der Waals surface area contributed by atoms with Crippen molar-refractivity contribution in [3.63, 3.8) is 0 Å². The number of aromatic amines is 1. The predicted molar refractivity (Wildman–Crippen MR) is 81.0 cm³/mol. The molecule has 2 aromatic heterocycles. The summed E-state index contributed by atoms with van der Waals surface area (Å²) in [6.45, 7) is 0. The summed E-state index contributed by atoms with van der Waals surface area (Å²) in [5, 5.41) is 10.7. The molecular weight excluding hydrogens is 344 g/mol. The molecule has 7 heteroatoms. The molecule has 0 aliphatic heterocycles. The molecule has 0 radical (unpaired) electrons. The van der Waals surface area contributed by atoms with Gasteiger partial charge in [-0.05, 0) is 40.2 Å². The minimum Gasteiger partial charge on any atom is -0.319 e. The fourth-order valence-corrected chi connectivity index (χ4v) is 2.51. The number of benzene rings is 1. The van der Waals surface area contributed by atoms with Gasteiger partial charge >= 0.3 is 0 Å². The third kappa shape index (κ3) is 2.28. The van der Waals surface area contributed by atoms with Crippen LogP contribution in [0.3, 0.4) is 0 Å². The van der Waals surface area contributed by atoms with Crippen LogP contribution in [0.25, 0.3) is 10.9 Å². The molecule has 0 aliphatic rings. The molecule has 100 valence electrons. The molecule has 20 heavy (non-hydrogen) atoms. The number of aromatic nitrogens is 3. The Bertz CT molecular complexity index is 802. The van der Waals surface area contributed by atoms with Crippen LogP contribution in [0.15, 0.2) is 41.1 Å². The van der Waals surface area contributed by atoms with E-state index in [1.165, 1.54) is 0 Å². The number of pyridine rings is 1. The average Bonchev–Trinajstić information content (AvgIpc) is 2.91. The van der Waals surface area contributed by atoms with Crippen LogP contribution in [0.1, 0.15) is 10.5 Å². The van der Waals surface area contributed by atoms with Crippen molar-refractivity contribution >= 4 is 50.0 Å². The van der Waals surface area contributed by atoms with Crippen molar-refractivity contribution in [3.05, 3.63) is 51.8 Å². The third-order valence-corrected chi connectivity index (χ3v) is 3.83. The van der Waals surface area contributed by atoms with Crippen molar-refractivity contribution in [2.75, 3.05) is 5.32 Å². The molecule has 3 rings (SSSR count). The highest BCUT2D eigenvalue weighted by atomic mass is 79.9. The van der Waals surface area contributed by atoms with Gasteiger partial charge in [-0.1, -0.05) is 11.6 Å². The molecule has 0 bridgehead atoms. The molecule has 1 aromatic carbocycles. The quantitative estimate of drug-likeness (QED) is 0.740. The van der Waals surface area contributed by atoms with E-state index in [1.54, 1.807) is 36.7 Å². The zero-order valence-electron chi connectivity index (χ0n) is 10.0. The van der Waals surface area contributed by atoms with Crippen molar-refractivity contribution in [3.8, 4) is 0 Å². The summed E-state index contributed by atoms with van der Waals surface area (Å²) < 4.78 is 0.623. The molecule has 0 unspecified atom stereocenters. The molecule has 0 fully saturated rings. The van der Waals surface area contributed by atoms with Crippen LogP contribution >= 0.6 is 27.5 Å². The molecule has 2 N–H and O–H groups in total. The minimum absolute atomic E-state index is 0.302. The zero-order valence-corrected chi connectivity index (χ0v) is 12.4. The van der Waals surface area contributed by atoms with Crippen molar-refractivity contribution in [1.82, 2.24) is 15.2 Å². The molecule has 5 nitrogen and oxygen atoms in total. The van der Waals surface area contributed by atoms with Crippen LogP contribution in [-0.2, 0) is 0 Å². The van der Waals surface area contributed by atoms with Crippen LogP contribution in [0, 0.1) is 0 Å². The zero-order chi connectivity index (χ0) is 14.1. The summed E-state index contributed by atoms with van der Waals surface area (Å²) in [7, 11) is 0. The van der Waals surface area contributed by atoms with Gasteiger partial charge in [0.1, 0.15) is 5.69 Å². The van der Waals surface area contributed by atoms with E-state index in [0.29, 0.717) is 20.9 Å². The molecule has 1 amide bonds. The second-order valence-electron chi connectivity index (χ2n) is 4.05. The van der Waals surface area contributed by atoms with Gasteiger partial charge in [-0.2, -0.15) is 5.10 Å². The maximum absolute atomic E-state index is 12.2. The normalized spacial score (nSPS) is 10.7. The van der Waals surface area contributed by atoms with Crippen LogP contribution in [0.4, 0.5) is 5.69 Å². The summed E-state index contributed by atoms with van der Waals surface area (Å²) in [6.07, 6.45) is 3.17. The van der Waals surface area contributed by atoms with Gasteiger partial charge in [-0.15, -0.1) is 0 Å². The fourth-order valence-electron chi connectivity index (χ4n) is 1.81. The Kier molecular flexibility index (Phi) is 3.42. The van der Waals surface area contributed by atoms with Crippen LogP contribution in [0.5, 0.6) is 0 Å². The number of carbonyl (C=O) groups excluding carboxylic acids is 1. The Balaban J connectivity index is 1.95. The van der Waals surface area contributed by atoms with E-state index in [2.05, 4.69) is 36.4 Å². The number of amides is 1. The van der Waals surface area contributed by atoms with E-state index in [0.717, 1.165) is 10.9 Å². The van der Waals surface area contributed by atoms with Crippen LogP contribution in [0.2, 0.25) is 5.02 Å². The highest BCUT2D eigenvalue weighted by Crippen LogP contribution is 2.30. The SMILES string of the molecule is O=C(Nc1ccc2[nH]ncc2c1Cl)c1ncccc1Br. The van der Waals surface area contributed by atoms with Crippen LogP contribution < -0.4 is 5.32 Å². The summed E-state index contributed by atoms with van der Waals surface area (Å²) in [5.74, 6) is -0.331.